The summed E-state index contributed by atoms with van der Waals surface area (Å²) in [4.78, 5) is 2.30. The van der Waals surface area contributed by atoms with Gasteiger partial charge in [0.25, 0.3) is 0 Å². The van der Waals surface area contributed by atoms with Crippen LogP contribution in [-0.2, 0) is 16.3 Å². The van der Waals surface area contributed by atoms with Crippen LogP contribution >= 0.6 is 12.4 Å². The Kier molecular flexibility index (Phi) is 7.83. The average molecular weight is 347 g/mol. The van der Waals surface area contributed by atoms with Crippen molar-refractivity contribution in [1.29, 1.82) is 0 Å². The van der Waals surface area contributed by atoms with Gasteiger partial charge >= 0.3 is 0 Å². The van der Waals surface area contributed by atoms with Crippen LogP contribution in [0.25, 0.3) is 0 Å². The van der Waals surface area contributed by atoms with E-state index in [1.807, 2.05) is 0 Å². The van der Waals surface area contributed by atoms with Crippen LogP contribution in [0.5, 0.6) is 0 Å². The van der Waals surface area contributed by atoms with Gasteiger partial charge in [-0.3, -0.25) is 4.90 Å². The Morgan fingerprint density at radius 2 is 1.91 bits per heavy atom. The van der Waals surface area contributed by atoms with Crippen LogP contribution in [0.2, 0.25) is 0 Å². The summed E-state index contributed by atoms with van der Waals surface area (Å²) in [6.07, 6.45) is 1.04. The smallest absolute Gasteiger partial charge is 0.151 e. The number of hydrogen-bond donors (Lipinski definition) is 1. The quantitative estimate of drug-likeness (QED) is 0.856. The van der Waals surface area contributed by atoms with E-state index < -0.39 is 9.84 Å². The fourth-order valence-electron chi connectivity index (χ4n) is 2.72. The number of halogens is 1. The number of nitrogens with one attached hydrogen (secondary N) is 1. The topological polar surface area (TPSA) is 49.4 Å². The molecular formula is C16H27ClN2O2S. The molecule has 0 spiro atoms. The molecule has 0 radical (unpaired) electrons. The largest absolute Gasteiger partial charge is 0.314 e. The van der Waals surface area contributed by atoms with E-state index in [-0.39, 0.29) is 30.0 Å². The van der Waals surface area contributed by atoms with Crippen molar-refractivity contribution in [3.63, 3.8) is 0 Å². The molecule has 4 nitrogen and oxygen atoms in total. The number of aryl methyl sites for hydroxylation is 1. The standard InChI is InChI=1S/C16H26N2O2S.ClH/c1-3-14-5-7-15(8-6-14)16-13-17-9-10-18(16)11-12-21(19,20)4-2;/h5-8,16-17H,3-4,9-13H2,1-2H3;1H. The van der Waals surface area contributed by atoms with E-state index in [2.05, 4.69) is 41.4 Å². The zero-order chi connectivity index (χ0) is 15.3. The molecule has 1 saturated heterocycles. The molecule has 0 saturated carbocycles. The Balaban J connectivity index is 0.00000242. The summed E-state index contributed by atoms with van der Waals surface area (Å²) in [7, 11) is -2.90. The number of hydrogen-bond acceptors (Lipinski definition) is 4. The van der Waals surface area contributed by atoms with Gasteiger partial charge in [-0.2, -0.15) is 0 Å². The molecule has 1 N–H and O–H groups in total. The number of piperazine rings is 1. The first-order valence-corrected chi connectivity index (χ1v) is 9.62. The highest BCUT2D eigenvalue weighted by Gasteiger charge is 2.24. The van der Waals surface area contributed by atoms with Crippen LogP contribution in [0.3, 0.4) is 0 Å². The van der Waals surface area contributed by atoms with Crippen LogP contribution in [0.4, 0.5) is 0 Å². The molecule has 126 valence electrons. The minimum absolute atomic E-state index is 0. The molecule has 22 heavy (non-hydrogen) atoms. The molecule has 1 unspecified atom stereocenters. The minimum atomic E-state index is -2.90. The van der Waals surface area contributed by atoms with Crippen LogP contribution < -0.4 is 5.32 Å². The maximum absolute atomic E-state index is 11.7. The molecule has 6 heteroatoms. The first-order valence-electron chi connectivity index (χ1n) is 7.79. The lowest BCUT2D eigenvalue weighted by Gasteiger charge is -2.36. The molecular weight excluding hydrogens is 320 g/mol. The number of sulfone groups is 1. The first-order chi connectivity index (χ1) is 10.1. The van der Waals surface area contributed by atoms with Gasteiger partial charge in [-0.05, 0) is 17.5 Å². The summed E-state index contributed by atoms with van der Waals surface area (Å²) in [5.74, 6) is 0.488. The predicted molar refractivity (Wildman–Crippen MR) is 94.6 cm³/mol. The van der Waals surface area contributed by atoms with Crippen molar-refractivity contribution in [3.8, 4) is 0 Å². The Bertz CT molecular complexity index is 546. The minimum Gasteiger partial charge on any atom is -0.314 e. The molecule has 1 aromatic carbocycles. The Labute approximate surface area is 140 Å². The van der Waals surface area contributed by atoms with E-state index in [4.69, 9.17) is 0 Å². The van der Waals surface area contributed by atoms with Crippen LogP contribution in [0.15, 0.2) is 24.3 Å². The molecule has 0 aromatic heterocycles. The lowest BCUT2D eigenvalue weighted by molar-refractivity contribution is 0.172. The molecule has 1 fully saturated rings. The van der Waals surface area contributed by atoms with Gasteiger partial charge in [0.1, 0.15) is 0 Å². The molecule has 0 amide bonds. The van der Waals surface area contributed by atoms with E-state index >= 15 is 0 Å². The zero-order valence-corrected chi connectivity index (χ0v) is 15.0. The molecule has 1 heterocycles. The highest BCUT2D eigenvalue weighted by atomic mass is 35.5. The molecule has 1 aliphatic rings. The molecule has 1 aromatic rings. The van der Waals surface area contributed by atoms with Gasteiger partial charge in [0.2, 0.25) is 0 Å². The molecule has 1 atom stereocenters. The summed E-state index contributed by atoms with van der Waals surface area (Å²) in [6.45, 7) is 7.21. The van der Waals surface area contributed by atoms with Crippen LogP contribution in [0.1, 0.15) is 31.0 Å². The van der Waals surface area contributed by atoms with Crippen molar-refractivity contribution in [2.45, 2.75) is 26.3 Å². The molecule has 1 aliphatic heterocycles. The molecule has 0 aliphatic carbocycles. The van der Waals surface area contributed by atoms with E-state index in [9.17, 15) is 8.42 Å². The van der Waals surface area contributed by atoms with E-state index in [1.165, 1.54) is 11.1 Å². The van der Waals surface area contributed by atoms with Crippen LogP contribution in [-0.4, -0.2) is 51.0 Å². The van der Waals surface area contributed by atoms with Gasteiger partial charge in [0, 0.05) is 38.0 Å². The monoisotopic (exact) mass is 346 g/mol. The number of benzene rings is 1. The van der Waals surface area contributed by atoms with Crippen molar-refractivity contribution in [2.75, 3.05) is 37.7 Å². The normalized spacial score (nSPS) is 19.6. The van der Waals surface area contributed by atoms with Gasteiger partial charge in [0.15, 0.2) is 9.84 Å². The number of rotatable bonds is 6. The highest BCUT2D eigenvalue weighted by Crippen LogP contribution is 2.22. The van der Waals surface area contributed by atoms with Gasteiger partial charge in [0.05, 0.1) is 5.75 Å². The van der Waals surface area contributed by atoms with Gasteiger partial charge in [-0.1, -0.05) is 38.1 Å². The second-order valence-electron chi connectivity index (χ2n) is 5.59. The first kappa shape index (κ1) is 19.4. The third kappa shape index (κ3) is 5.23. The van der Waals surface area contributed by atoms with Crippen molar-refractivity contribution in [3.05, 3.63) is 35.4 Å². The van der Waals surface area contributed by atoms with E-state index in [0.717, 1.165) is 26.1 Å². The fraction of sp³-hybridized carbons (Fsp3) is 0.625. The summed E-state index contributed by atoms with van der Waals surface area (Å²) >= 11 is 0. The fourth-order valence-corrected chi connectivity index (χ4v) is 3.52. The van der Waals surface area contributed by atoms with Gasteiger partial charge in [-0.15, -0.1) is 12.4 Å². The average Bonchev–Trinajstić information content (AvgIpc) is 2.53. The number of nitrogens with zero attached hydrogens (tertiary/aromatic N) is 1. The lowest BCUT2D eigenvalue weighted by Crippen LogP contribution is -2.47. The summed E-state index contributed by atoms with van der Waals surface area (Å²) in [5, 5.41) is 3.41. The van der Waals surface area contributed by atoms with E-state index in [0.29, 0.717) is 6.54 Å². The summed E-state index contributed by atoms with van der Waals surface area (Å²) in [5.41, 5.74) is 2.61. The maximum atomic E-state index is 11.7. The summed E-state index contributed by atoms with van der Waals surface area (Å²) < 4.78 is 23.5. The third-order valence-corrected chi connectivity index (χ3v) is 5.94. The SMILES string of the molecule is CCc1ccc(C2CNCCN2CCS(=O)(=O)CC)cc1.Cl. The van der Waals surface area contributed by atoms with Crippen molar-refractivity contribution < 1.29 is 8.42 Å². The molecule has 0 bridgehead atoms. The van der Waals surface area contributed by atoms with Crippen molar-refractivity contribution in [2.24, 2.45) is 0 Å². The third-order valence-electron chi connectivity index (χ3n) is 4.26. The maximum Gasteiger partial charge on any atom is 0.151 e. The van der Waals surface area contributed by atoms with Crippen molar-refractivity contribution in [1.82, 2.24) is 10.2 Å². The summed E-state index contributed by atoms with van der Waals surface area (Å²) in [6, 6.07) is 8.97. The lowest BCUT2D eigenvalue weighted by atomic mass is 10.0. The van der Waals surface area contributed by atoms with Gasteiger partial charge < -0.3 is 5.32 Å². The van der Waals surface area contributed by atoms with Crippen molar-refractivity contribution >= 4 is 22.2 Å². The molecule has 2 rings (SSSR count). The van der Waals surface area contributed by atoms with E-state index in [1.54, 1.807) is 6.92 Å². The highest BCUT2D eigenvalue weighted by molar-refractivity contribution is 7.91. The second kappa shape index (κ2) is 8.87. The van der Waals surface area contributed by atoms with Crippen LogP contribution in [0, 0.1) is 0 Å². The second-order valence-corrected chi connectivity index (χ2v) is 8.06. The Morgan fingerprint density at radius 3 is 2.50 bits per heavy atom. The Hall–Kier alpha value is -0.620. The van der Waals surface area contributed by atoms with Gasteiger partial charge in [-0.25, -0.2) is 8.42 Å². The predicted octanol–water partition coefficient (Wildman–Crippen LogP) is 2.05. The Morgan fingerprint density at radius 1 is 1.23 bits per heavy atom. The zero-order valence-electron chi connectivity index (χ0n) is 13.4.